The second kappa shape index (κ2) is 4.31. The molecule has 0 bridgehead atoms. The normalized spacial score (nSPS) is 18.6. The average Bonchev–Trinajstić information content (AvgIpc) is 2.86. The first-order valence-electron chi connectivity index (χ1n) is 5.75. The van der Waals surface area contributed by atoms with Crippen molar-refractivity contribution < 1.29 is 9.52 Å². The van der Waals surface area contributed by atoms with Crippen LogP contribution in [0.25, 0.3) is 11.1 Å². The fourth-order valence-electron chi connectivity index (χ4n) is 2.12. The van der Waals surface area contributed by atoms with Crippen LogP contribution in [0.15, 0.2) is 41.2 Å². The minimum Gasteiger partial charge on any atom is -0.443 e. The molecule has 0 fully saturated rings. The summed E-state index contributed by atoms with van der Waals surface area (Å²) in [4.78, 5) is 6.08. The standard InChI is InChI=1S/C13H14N2O2/c16-13(15-6-2-1-3-7-15)10-4-5-11-12(8-10)17-9-14-11/h1-2,4-5,8-9,13,16H,3,6-7H2. The van der Waals surface area contributed by atoms with Gasteiger partial charge in [0.05, 0.1) is 0 Å². The van der Waals surface area contributed by atoms with Gasteiger partial charge in [0.2, 0.25) is 0 Å². The van der Waals surface area contributed by atoms with Crippen molar-refractivity contribution in [3.8, 4) is 0 Å². The summed E-state index contributed by atoms with van der Waals surface area (Å²) < 4.78 is 5.24. The maximum Gasteiger partial charge on any atom is 0.181 e. The van der Waals surface area contributed by atoms with Gasteiger partial charge in [0.25, 0.3) is 0 Å². The summed E-state index contributed by atoms with van der Waals surface area (Å²) in [5.41, 5.74) is 2.39. The predicted octanol–water partition coefficient (Wildman–Crippen LogP) is 2.08. The zero-order valence-electron chi connectivity index (χ0n) is 9.41. The van der Waals surface area contributed by atoms with Crippen LogP contribution in [0, 0.1) is 0 Å². The van der Waals surface area contributed by atoms with Crippen LogP contribution in [0.4, 0.5) is 0 Å². The van der Waals surface area contributed by atoms with E-state index in [-0.39, 0.29) is 0 Å². The van der Waals surface area contributed by atoms with Gasteiger partial charge >= 0.3 is 0 Å². The molecule has 0 spiro atoms. The van der Waals surface area contributed by atoms with E-state index in [1.165, 1.54) is 6.39 Å². The molecule has 17 heavy (non-hydrogen) atoms. The molecule has 1 aromatic heterocycles. The van der Waals surface area contributed by atoms with Crippen molar-refractivity contribution in [3.05, 3.63) is 42.3 Å². The van der Waals surface area contributed by atoms with Gasteiger partial charge in [-0.3, -0.25) is 4.90 Å². The Morgan fingerprint density at radius 3 is 3.12 bits per heavy atom. The molecule has 0 radical (unpaired) electrons. The van der Waals surface area contributed by atoms with Gasteiger partial charge in [-0.2, -0.15) is 0 Å². The summed E-state index contributed by atoms with van der Waals surface area (Å²) in [6, 6.07) is 5.62. The number of hydrogen-bond acceptors (Lipinski definition) is 4. The number of fused-ring (bicyclic) bond motifs is 1. The van der Waals surface area contributed by atoms with Gasteiger partial charge in [0, 0.05) is 13.1 Å². The summed E-state index contributed by atoms with van der Waals surface area (Å²) in [5.74, 6) is 0. The number of oxazole rings is 1. The third-order valence-electron chi connectivity index (χ3n) is 3.09. The highest BCUT2D eigenvalue weighted by atomic mass is 16.3. The highest BCUT2D eigenvalue weighted by molar-refractivity contribution is 5.72. The van der Waals surface area contributed by atoms with Gasteiger partial charge in [-0.25, -0.2) is 4.98 Å². The van der Waals surface area contributed by atoms with E-state index < -0.39 is 6.23 Å². The molecule has 1 N–H and O–H groups in total. The third kappa shape index (κ3) is 1.97. The molecule has 4 nitrogen and oxygen atoms in total. The third-order valence-corrected chi connectivity index (χ3v) is 3.09. The van der Waals surface area contributed by atoms with Crippen LogP contribution in [0.3, 0.4) is 0 Å². The number of aliphatic hydroxyl groups excluding tert-OH is 1. The molecule has 3 rings (SSSR count). The molecular weight excluding hydrogens is 216 g/mol. The minimum absolute atomic E-state index is 0.575. The SMILES string of the molecule is OC(c1ccc2ncoc2c1)N1CC=CCC1. The molecule has 1 aliphatic rings. The van der Waals surface area contributed by atoms with Crippen LogP contribution in [0.5, 0.6) is 0 Å². The average molecular weight is 230 g/mol. The molecule has 0 amide bonds. The van der Waals surface area contributed by atoms with Crippen LogP contribution in [0.1, 0.15) is 18.2 Å². The Morgan fingerprint density at radius 1 is 1.35 bits per heavy atom. The van der Waals surface area contributed by atoms with Crippen molar-refractivity contribution in [1.29, 1.82) is 0 Å². The highest BCUT2D eigenvalue weighted by Gasteiger charge is 2.18. The topological polar surface area (TPSA) is 49.5 Å². The summed E-state index contributed by atoms with van der Waals surface area (Å²) >= 11 is 0. The monoisotopic (exact) mass is 230 g/mol. The molecule has 0 saturated carbocycles. The Hall–Kier alpha value is -1.65. The molecule has 2 heterocycles. The van der Waals surface area contributed by atoms with Crippen molar-refractivity contribution in [2.45, 2.75) is 12.6 Å². The van der Waals surface area contributed by atoms with Gasteiger partial charge in [0.1, 0.15) is 11.7 Å². The van der Waals surface area contributed by atoms with E-state index in [9.17, 15) is 5.11 Å². The number of benzene rings is 1. The van der Waals surface area contributed by atoms with E-state index in [4.69, 9.17) is 4.42 Å². The largest absolute Gasteiger partial charge is 0.443 e. The number of nitrogens with zero attached hydrogens (tertiary/aromatic N) is 2. The zero-order chi connectivity index (χ0) is 11.7. The molecule has 0 aliphatic carbocycles. The van der Waals surface area contributed by atoms with Crippen molar-refractivity contribution in [1.82, 2.24) is 9.88 Å². The van der Waals surface area contributed by atoms with Gasteiger partial charge in [-0.15, -0.1) is 0 Å². The first-order chi connectivity index (χ1) is 8.34. The minimum atomic E-state index is -0.575. The number of aliphatic hydroxyl groups is 1. The first kappa shape index (κ1) is 10.5. The molecule has 0 saturated heterocycles. The Kier molecular flexibility index (Phi) is 2.66. The fraction of sp³-hybridized carbons (Fsp3) is 0.308. The van der Waals surface area contributed by atoms with Crippen molar-refractivity contribution in [2.24, 2.45) is 0 Å². The second-order valence-corrected chi connectivity index (χ2v) is 4.21. The lowest BCUT2D eigenvalue weighted by molar-refractivity contribution is 0.00848. The Morgan fingerprint density at radius 2 is 2.29 bits per heavy atom. The lowest BCUT2D eigenvalue weighted by atomic mass is 10.1. The van der Waals surface area contributed by atoms with E-state index in [1.807, 2.05) is 23.1 Å². The maximum absolute atomic E-state index is 10.3. The van der Waals surface area contributed by atoms with E-state index >= 15 is 0 Å². The highest BCUT2D eigenvalue weighted by Crippen LogP contribution is 2.23. The summed E-state index contributed by atoms with van der Waals surface area (Å²) in [6.07, 6.45) is 6.06. The van der Waals surface area contributed by atoms with E-state index in [0.717, 1.165) is 30.6 Å². The lowest BCUT2D eigenvalue weighted by Crippen LogP contribution is -2.31. The van der Waals surface area contributed by atoms with E-state index in [1.54, 1.807) is 0 Å². The van der Waals surface area contributed by atoms with Gasteiger partial charge in [-0.1, -0.05) is 18.2 Å². The van der Waals surface area contributed by atoms with E-state index in [2.05, 4.69) is 17.1 Å². The predicted molar refractivity (Wildman–Crippen MR) is 64.3 cm³/mol. The van der Waals surface area contributed by atoms with Crippen LogP contribution in [0.2, 0.25) is 0 Å². The van der Waals surface area contributed by atoms with Gasteiger partial charge < -0.3 is 9.52 Å². The molecule has 1 atom stereocenters. The lowest BCUT2D eigenvalue weighted by Gasteiger charge is -2.28. The number of rotatable bonds is 2. The van der Waals surface area contributed by atoms with Crippen molar-refractivity contribution in [2.75, 3.05) is 13.1 Å². The summed E-state index contributed by atoms with van der Waals surface area (Å²) in [6.45, 7) is 1.67. The van der Waals surface area contributed by atoms with Crippen molar-refractivity contribution >= 4 is 11.1 Å². The molecule has 88 valence electrons. The molecule has 2 aromatic rings. The smallest absolute Gasteiger partial charge is 0.181 e. The number of aromatic nitrogens is 1. The van der Waals surface area contributed by atoms with Crippen LogP contribution < -0.4 is 0 Å². The Balaban J connectivity index is 1.88. The first-order valence-corrected chi connectivity index (χ1v) is 5.75. The van der Waals surface area contributed by atoms with Gasteiger partial charge in [0.15, 0.2) is 12.0 Å². The number of hydrogen-bond donors (Lipinski definition) is 1. The second-order valence-electron chi connectivity index (χ2n) is 4.21. The Labute approximate surface area is 99.2 Å². The molecular formula is C13H14N2O2. The summed E-state index contributed by atoms with van der Waals surface area (Å²) in [7, 11) is 0. The maximum atomic E-state index is 10.3. The molecule has 1 aliphatic heterocycles. The van der Waals surface area contributed by atoms with Crippen LogP contribution >= 0.6 is 0 Å². The molecule has 4 heteroatoms. The van der Waals surface area contributed by atoms with Crippen LogP contribution in [-0.4, -0.2) is 28.1 Å². The quantitative estimate of drug-likeness (QED) is 0.802. The van der Waals surface area contributed by atoms with Crippen molar-refractivity contribution in [3.63, 3.8) is 0 Å². The van der Waals surface area contributed by atoms with Gasteiger partial charge in [-0.05, 0) is 24.1 Å². The summed E-state index contributed by atoms with van der Waals surface area (Å²) in [5, 5.41) is 10.3. The van der Waals surface area contributed by atoms with E-state index in [0.29, 0.717) is 5.58 Å². The Bertz CT molecular complexity index is 547. The molecule has 1 aromatic carbocycles. The zero-order valence-corrected chi connectivity index (χ0v) is 9.41. The van der Waals surface area contributed by atoms with Crippen LogP contribution in [-0.2, 0) is 0 Å². The molecule has 1 unspecified atom stereocenters. The fourth-order valence-corrected chi connectivity index (χ4v) is 2.12.